The summed E-state index contributed by atoms with van der Waals surface area (Å²) >= 11 is 0. The fourth-order valence-electron chi connectivity index (χ4n) is 4.42. The van der Waals surface area contributed by atoms with Gasteiger partial charge in [-0.25, -0.2) is 18.2 Å². The van der Waals surface area contributed by atoms with Crippen molar-refractivity contribution < 1.29 is 28.2 Å². The number of fused-ring (bicyclic) bond motifs is 1. The van der Waals surface area contributed by atoms with E-state index in [1.807, 2.05) is 6.92 Å². The minimum absolute atomic E-state index is 0.0583. The van der Waals surface area contributed by atoms with Crippen molar-refractivity contribution in [2.24, 2.45) is 5.92 Å². The van der Waals surface area contributed by atoms with Crippen molar-refractivity contribution in [2.45, 2.75) is 38.0 Å². The van der Waals surface area contributed by atoms with E-state index >= 15 is 0 Å². The van der Waals surface area contributed by atoms with E-state index in [0.717, 1.165) is 23.6 Å². The predicted octanol–water partition coefficient (Wildman–Crippen LogP) is 1.87. The molecule has 3 heterocycles. The Balaban J connectivity index is 1.70. The van der Waals surface area contributed by atoms with Gasteiger partial charge in [0.25, 0.3) is 5.91 Å². The number of β-amino-alcohol motifs (C(OH)–C–C–N with tert-alkyl or cyclic N) is 2. The van der Waals surface area contributed by atoms with Crippen molar-refractivity contribution in [3.63, 3.8) is 0 Å². The molecule has 1 unspecified atom stereocenters. The van der Waals surface area contributed by atoms with Crippen LogP contribution in [0.4, 0.5) is 19.0 Å². The number of benzene rings is 1. The molecule has 35 heavy (non-hydrogen) atoms. The third kappa shape index (κ3) is 4.25. The second-order valence-electron chi connectivity index (χ2n) is 9.14. The zero-order valence-electron chi connectivity index (χ0n) is 18.7. The number of hydrogen-bond acceptors (Lipinski definition) is 6. The molecular weight excluding hydrogens is 465 g/mol. The van der Waals surface area contributed by atoms with Crippen molar-refractivity contribution in [3.8, 4) is 5.69 Å². The molecule has 5 rings (SSSR count). The van der Waals surface area contributed by atoms with Crippen LogP contribution < -0.4 is 15.6 Å². The first kappa shape index (κ1) is 23.3. The average molecular weight is 488 g/mol. The molecule has 3 aromatic rings. The minimum Gasteiger partial charge on any atom is -0.389 e. The van der Waals surface area contributed by atoms with Gasteiger partial charge in [0, 0.05) is 37.5 Å². The van der Waals surface area contributed by atoms with Gasteiger partial charge in [-0.2, -0.15) is 0 Å². The van der Waals surface area contributed by atoms with Crippen LogP contribution in [0.5, 0.6) is 0 Å². The Bertz CT molecular complexity index is 1360. The van der Waals surface area contributed by atoms with E-state index in [9.17, 15) is 33.0 Å². The summed E-state index contributed by atoms with van der Waals surface area (Å²) in [7, 11) is 0. The van der Waals surface area contributed by atoms with Crippen molar-refractivity contribution in [2.75, 3.05) is 18.0 Å². The first-order chi connectivity index (χ1) is 16.6. The second kappa shape index (κ2) is 8.65. The molecule has 1 aliphatic carbocycles. The first-order valence-corrected chi connectivity index (χ1v) is 11.3. The van der Waals surface area contributed by atoms with E-state index in [1.165, 1.54) is 12.1 Å². The van der Waals surface area contributed by atoms with E-state index < -0.39 is 46.7 Å². The normalized spacial score (nSPS) is 20.9. The number of carbonyl (C=O) groups excluding carboxylic acids is 1. The summed E-state index contributed by atoms with van der Waals surface area (Å²) in [5.41, 5.74) is -1.89. The summed E-state index contributed by atoms with van der Waals surface area (Å²) in [6.45, 7) is 1.94. The van der Waals surface area contributed by atoms with Crippen molar-refractivity contribution in [3.05, 3.63) is 63.7 Å². The van der Waals surface area contributed by atoms with Crippen molar-refractivity contribution in [1.82, 2.24) is 14.9 Å². The molecule has 1 aromatic carbocycles. The maximum Gasteiger partial charge on any atom is 0.257 e. The molecule has 2 fully saturated rings. The van der Waals surface area contributed by atoms with E-state index in [-0.39, 0.29) is 41.5 Å². The molecule has 184 valence electrons. The van der Waals surface area contributed by atoms with Crippen LogP contribution in [0.15, 0.2) is 35.3 Å². The molecule has 3 N–H and O–H groups in total. The summed E-state index contributed by atoms with van der Waals surface area (Å²) in [5.74, 6) is -3.76. The van der Waals surface area contributed by atoms with E-state index in [0.29, 0.717) is 18.1 Å². The van der Waals surface area contributed by atoms with Crippen LogP contribution in [-0.4, -0.2) is 57.0 Å². The Hall–Kier alpha value is -3.44. The van der Waals surface area contributed by atoms with Crippen LogP contribution in [0.1, 0.15) is 30.1 Å². The summed E-state index contributed by atoms with van der Waals surface area (Å²) in [6, 6.07) is 3.64. The summed E-state index contributed by atoms with van der Waals surface area (Å²) < 4.78 is 44.1. The zero-order valence-corrected chi connectivity index (χ0v) is 18.7. The fourth-order valence-corrected chi connectivity index (χ4v) is 4.42. The highest BCUT2D eigenvalue weighted by Crippen LogP contribution is 2.32. The zero-order chi connectivity index (χ0) is 25.0. The van der Waals surface area contributed by atoms with Gasteiger partial charge in [-0.15, -0.1) is 0 Å². The SMILES string of the molecule is CC(NC(=O)c1cn(-c2c(F)cc(F)cc2F)c2nc(N3C[C@@H](O)[C@H](O)C3)ccc2c1=O)C1CC1. The summed E-state index contributed by atoms with van der Waals surface area (Å²) in [5, 5.41) is 22.4. The molecule has 11 heteroatoms. The Morgan fingerprint density at radius 1 is 1.11 bits per heavy atom. The number of hydrogen-bond donors (Lipinski definition) is 3. The third-order valence-corrected chi connectivity index (χ3v) is 6.57. The first-order valence-electron chi connectivity index (χ1n) is 11.3. The lowest BCUT2D eigenvalue weighted by Crippen LogP contribution is -2.37. The minimum atomic E-state index is -1.25. The summed E-state index contributed by atoms with van der Waals surface area (Å²) in [6.07, 6.45) is 0.899. The van der Waals surface area contributed by atoms with Gasteiger partial charge in [0.05, 0.1) is 17.6 Å². The number of nitrogens with zero attached hydrogens (tertiary/aromatic N) is 3. The number of halogens is 3. The number of pyridine rings is 2. The molecule has 1 aliphatic heterocycles. The molecule has 1 saturated heterocycles. The van der Waals surface area contributed by atoms with Gasteiger partial charge >= 0.3 is 0 Å². The van der Waals surface area contributed by atoms with Crippen LogP contribution in [0.2, 0.25) is 0 Å². The molecule has 0 radical (unpaired) electrons. The van der Waals surface area contributed by atoms with Crippen LogP contribution in [0.3, 0.4) is 0 Å². The quantitative estimate of drug-likeness (QED) is 0.506. The highest BCUT2D eigenvalue weighted by Gasteiger charge is 2.32. The van der Waals surface area contributed by atoms with Crippen molar-refractivity contribution in [1.29, 1.82) is 0 Å². The Morgan fingerprint density at radius 2 is 1.74 bits per heavy atom. The van der Waals surface area contributed by atoms with Crippen LogP contribution in [0.25, 0.3) is 16.7 Å². The molecule has 0 spiro atoms. The van der Waals surface area contributed by atoms with Crippen LogP contribution in [0, 0.1) is 23.4 Å². The number of carbonyl (C=O) groups is 1. The number of aromatic nitrogens is 2. The largest absolute Gasteiger partial charge is 0.389 e. The Kier molecular flexibility index (Phi) is 5.76. The highest BCUT2D eigenvalue weighted by atomic mass is 19.1. The highest BCUT2D eigenvalue weighted by molar-refractivity contribution is 5.97. The van der Waals surface area contributed by atoms with Gasteiger partial charge in [0.2, 0.25) is 5.43 Å². The standard InChI is InChI=1S/C24H23F3N4O4/c1-11(12-2-3-12)28-24(35)15-8-31(21-16(26)6-13(25)7-17(21)27)23-14(22(15)34)4-5-20(29-23)30-9-18(32)19(33)10-30/h4-8,11-12,18-19,32-33H,2-3,9-10H2,1H3,(H,28,35)/t11?,18-,19-/m1/s1. The topological polar surface area (TPSA) is 108 Å². The van der Waals surface area contributed by atoms with Gasteiger partial charge in [0.15, 0.2) is 17.3 Å². The molecule has 0 bridgehead atoms. The number of aliphatic hydroxyl groups excluding tert-OH is 2. The van der Waals surface area contributed by atoms with E-state index in [1.54, 1.807) is 4.90 Å². The Morgan fingerprint density at radius 3 is 2.34 bits per heavy atom. The number of amides is 1. The van der Waals surface area contributed by atoms with Gasteiger partial charge in [-0.1, -0.05) is 0 Å². The number of anilines is 1. The number of aliphatic hydroxyl groups is 2. The number of nitrogens with one attached hydrogen (secondary N) is 1. The monoisotopic (exact) mass is 488 g/mol. The van der Waals surface area contributed by atoms with E-state index in [4.69, 9.17) is 0 Å². The molecule has 3 atom stereocenters. The maximum atomic E-state index is 14.8. The van der Waals surface area contributed by atoms with Gasteiger partial charge in [-0.05, 0) is 37.8 Å². The van der Waals surface area contributed by atoms with Gasteiger partial charge in [0.1, 0.15) is 22.9 Å². The molecule has 2 aromatic heterocycles. The van der Waals surface area contributed by atoms with Crippen LogP contribution >= 0.6 is 0 Å². The Labute approximate surface area is 197 Å². The van der Waals surface area contributed by atoms with Crippen molar-refractivity contribution >= 4 is 22.8 Å². The summed E-state index contributed by atoms with van der Waals surface area (Å²) in [4.78, 5) is 32.1. The van der Waals surface area contributed by atoms with Gasteiger partial charge in [-0.3, -0.25) is 14.2 Å². The lowest BCUT2D eigenvalue weighted by Gasteiger charge is -2.20. The van der Waals surface area contributed by atoms with Crippen LogP contribution in [-0.2, 0) is 0 Å². The number of rotatable bonds is 5. The fraction of sp³-hybridized carbons (Fsp3) is 0.375. The second-order valence-corrected chi connectivity index (χ2v) is 9.14. The smallest absolute Gasteiger partial charge is 0.257 e. The molecule has 2 aliphatic rings. The maximum absolute atomic E-state index is 14.8. The lowest BCUT2D eigenvalue weighted by atomic mass is 10.1. The van der Waals surface area contributed by atoms with E-state index in [2.05, 4.69) is 10.3 Å². The van der Waals surface area contributed by atoms with Gasteiger partial charge < -0.3 is 20.4 Å². The molecule has 1 amide bonds. The molecular formula is C24H23F3N4O4. The average Bonchev–Trinajstić information content (AvgIpc) is 3.59. The third-order valence-electron chi connectivity index (χ3n) is 6.57. The molecule has 1 saturated carbocycles. The lowest BCUT2D eigenvalue weighted by molar-refractivity contribution is 0.0572. The molecule has 8 nitrogen and oxygen atoms in total. The predicted molar refractivity (Wildman–Crippen MR) is 121 cm³/mol.